The molecule has 7 aliphatic rings. The number of aliphatic hydroxyl groups is 4. The van der Waals surface area contributed by atoms with Crippen molar-refractivity contribution in [3.05, 3.63) is 22.8 Å². The van der Waals surface area contributed by atoms with Gasteiger partial charge in [0, 0.05) is 23.5 Å². The molecule has 7 rings (SSSR count). The Kier molecular flexibility index (Phi) is 7.34. The van der Waals surface area contributed by atoms with Crippen molar-refractivity contribution in [2.75, 3.05) is 13.2 Å². The molecule has 2 saturated carbocycles. The number of carbonyl (C=O) groups is 1. The van der Waals surface area contributed by atoms with E-state index in [9.17, 15) is 25.2 Å². The van der Waals surface area contributed by atoms with Gasteiger partial charge in [-0.3, -0.25) is 4.79 Å². The van der Waals surface area contributed by atoms with Crippen LogP contribution in [0.3, 0.4) is 0 Å². The third-order valence-corrected chi connectivity index (χ3v) is 12.8. The van der Waals surface area contributed by atoms with Gasteiger partial charge in [-0.05, 0) is 87.2 Å². The molecule has 15 atom stereocenters. The Morgan fingerprint density at radius 3 is 2.69 bits per heavy atom. The predicted molar refractivity (Wildman–Crippen MR) is 153 cm³/mol. The predicted octanol–water partition coefficient (Wildman–Crippen LogP) is 2.21. The van der Waals surface area contributed by atoms with E-state index in [4.69, 9.17) is 14.2 Å². The molecule has 0 unspecified atom stereocenters. The van der Waals surface area contributed by atoms with Gasteiger partial charge in [-0.25, -0.2) is 0 Å². The third-order valence-electron chi connectivity index (χ3n) is 12.8. The molecule has 0 radical (unpaired) electrons. The third kappa shape index (κ3) is 4.14. The number of carbonyl (C=O) groups excluding carboxylic acids is 1. The zero-order chi connectivity index (χ0) is 29.7. The normalized spacial score (nSPS) is 53.9. The fourth-order valence-electron chi connectivity index (χ4n) is 10.4. The molecule has 0 aromatic heterocycles. The van der Waals surface area contributed by atoms with Crippen LogP contribution in [-0.4, -0.2) is 88.0 Å². The summed E-state index contributed by atoms with van der Waals surface area (Å²) in [5.74, 6) is 0.961. The Hall–Kier alpha value is -1.17. The number of piperidine rings is 1. The van der Waals surface area contributed by atoms with Crippen LogP contribution in [0.2, 0.25) is 0 Å². The number of allylic oxidation sites excluding steroid dienone is 2. The minimum atomic E-state index is -1.58. The summed E-state index contributed by atoms with van der Waals surface area (Å²) in [6.07, 6.45) is 2.96. The van der Waals surface area contributed by atoms with Gasteiger partial charge in [0.1, 0.15) is 6.10 Å². The Labute approximate surface area is 248 Å². The van der Waals surface area contributed by atoms with Crippen LogP contribution in [0.1, 0.15) is 72.6 Å². The molecule has 0 amide bonds. The maximum absolute atomic E-state index is 14.5. The Balaban J connectivity index is 1.11. The molecular weight excluding hydrogens is 538 g/mol. The molecule has 3 aliphatic heterocycles. The number of ketones is 1. The molecule has 5 fully saturated rings. The van der Waals surface area contributed by atoms with Crippen molar-refractivity contribution in [3.63, 3.8) is 0 Å². The molecule has 5 N–H and O–H groups in total. The number of aliphatic hydroxyl groups excluding tert-OH is 4. The summed E-state index contributed by atoms with van der Waals surface area (Å²) >= 11 is 0. The van der Waals surface area contributed by atoms with Crippen molar-refractivity contribution in [1.29, 1.82) is 0 Å². The number of nitrogens with one attached hydrogen (secondary N) is 1. The van der Waals surface area contributed by atoms with E-state index in [1.165, 1.54) is 11.1 Å². The number of rotatable bonds is 3. The van der Waals surface area contributed by atoms with Crippen LogP contribution in [0.4, 0.5) is 0 Å². The number of ether oxygens (including phenoxy) is 3. The maximum Gasteiger partial charge on any atom is 0.186 e. The van der Waals surface area contributed by atoms with E-state index >= 15 is 0 Å². The number of hydrogen-bond donors (Lipinski definition) is 5. The summed E-state index contributed by atoms with van der Waals surface area (Å²) in [5.41, 5.74) is 2.90. The van der Waals surface area contributed by atoms with Gasteiger partial charge in [0.05, 0.1) is 36.4 Å². The summed E-state index contributed by atoms with van der Waals surface area (Å²) in [4.78, 5) is 14.5. The van der Waals surface area contributed by atoms with Crippen molar-refractivity contribution in [2.45, 2.75) is 121 Å². The second-order valence-corrected chi connectivity index (χ2v) is 14.9. The van der Waals surface area contributed by atoms with Crippen molar-refractivity contribution < 1.29 is 39.4 Å². The van der Waals surface area contributed by atoms with E-state index in [0.717, 1.165) is 44.2 Å². The molecule has 3 heterocycles. The zero-order valence-electron chi connectivity index (χ0n) is 25.4. The quantitative estimate of drug-likeness (QED) is 0.315. The lowest BCUT2D eigenvalue weighted by molar-refractivity contribution is -0.341. The van der Waals surface area contributed by atoms with E-state index in [2.05, 4.69) is 39.1 Å². The maximum atomic E-state index is 14.5. The lowest BCUT2D eigenvalue weighted by atomic mass is 9.56. The molecular formula is C33H49NO8. The highest BCUT2D eigenvalue weighted by molar-refractivity contribution is 6.02. The molecule has 4 aliphatic carbocycles. The number of fused-ring (bicyclic) bond motifs is 6. The highest BCUT2D eigenvalue weighted by Crippen LogP contribution is 2.64. The lowest BCUT2D eigenvalue weighted by Gasteiger charge is -2.49. The van der Waals surface area contributed by atoms with Crippen molar-refractivity contribution in [1.82, 2.24) is 5.32 Å². The van der Waals surface area contributed by atoms with Crippen LogP contribution < -0.4 is 5.32 Å². The van der Waals surface area contributed by atoms with Crippen LogP contribution in [0.15, 0.2) is 22.8 Å². The van der Waals surface area contributed by atoms with Gasteiger partial charge in [-0.15, -0.1) is 0 Å². The van der Waals surface area contributed by atoms with Gasteiger partial charge >= 0.3 is 0 Å². The molecule has 9 nitrogen and oxygen atoms in total. The second kappa shape index (κ2) is 10.4. The molecule has 234 valence electrons. The molecule has 0 aromatic rings. The van der Waals surface area contributed by atoms with E-state index in [1.807, 2.05) is 0 Å². The second-order valence-electron chi connectivity index (χ2n) is 14.9. The van der Waals surface area contributed by atoms with Gasteiger partial charge < -0.3 is 40.0 Å². The van der Waals surface area contributed by atoms with Crippen LogP contribution >= 0.6 is 0 Å². The van der Waals surface area contributed by atoms with E-state index in [1.54, 1.807) is 0 Å². The van der Waals surface area contributed by atoms with Gasteiger partial charge in [0.2, 0.25) is 0 Å². The lowest BCUT2D eigenvalue weighted by Crippen LogP contribution is -2.57. The highest BCUT2D eigenvalue weighted by atomic mass is 16.7. The number of hydrogen-bond acceptors (Lipinski definition) is 9. The minimum absolute atomic E-state index is 0.0457. The van der Waals surface area contributed by atoms with Gasteiger partial charge in [0.25, 0.3) is 0 Å². The van der Waals surface area contributed by atoms with E-state index < -0.39 is 37.3 Å². The molecule has 0 bridgehead atoms. The summed E-state index contributed by atoms with van der Waals surface area (Å²) < 4.78 is 18.7. The average molecular weight is 588 g/mol. The molecule has 1 spiro atoms. The SMILES string of the molecule is CC1=C2C(=O)[C@@H]3[C@@H](CC=C4C[C@H](O[C@H]5O[C@@H](O)[C@@H](O)[C@@H](O)[C@H]5CO)CC[C@@]43C)[C@H]2CC[C@@]12O[C@@H]1C[C@H](C)CN[C@@H]1[C@@H]2C. The standard InChI is InChI=1S/C33H49NO8/c1-15-11-23-26(34-13-15)17(3)33(42-23)10-8-20-21-6-5-18-12-19(40-31-22(14-35)27(36)29(38)30(39)41-31)7-9-32(18,4)25(21)28(37)24(20)16(33)2/h5,15,17,19-23,25-27,29-31,34-36,38-39H,6-14H2,1-4H3/t15-,17-,19+,20+,21-,22+,23+,25-,26+,27-,29-,30+,31-,32-,33+/m0/s1. The van der Waals surface area contributed by atoms with Crippen LogP contribution in [0.5, 0.6) is 0 Å². The summed E-state index contributed by atoms with van der Waals surface area (Å²) in [6.45, 7) is 9.65. The van der Waals surface area contributed by atoms with Crippen LogP contribution in [0, 0.1) is 40.9 Å². The zero-order valence-corrected chi connectivity index (χ0v) is 25.4. The summed E-state index contributed by atoms with van der Waals surface area (Å²) in [6, 6.07) is 0.345. The van der Waals surface area contributed by atoms with Gasteiger partial charge in [-0.2, -0.15) is 0 Å². The van der Waals surface area contributed by atoms with E-state index in [-0.39, 0.29) is 35.1 Å². The van der Waals surface area contributed by atoms with E-state index in [0.29, 0.717) is 42.4 Å². The highest BCUT2D eigenvalue weighted by Gasteiger charge is 2.63. The first-order valence-corrected chi connectivity index (χ1v) is 16.3. The first-order chi connectivity index (χ1) is 20.0. The summed E-state index contributed by atoms with van der Waals surface area (Å²) in [5, 5.41) is 44.0. The Bertz CT molecular complexity index is 1170. The molecule has 0 aromatic carbocycles. The van der Waals surface area contributed by atoms with Crippen LogP contribution in [-0.2, 0) is 19.0 Å². The number of Topliss-reactive ketones (excluding diaryl/α,β-unsaturated/α-hetero) is 1. The van der Waals surface area contributed by atoms with Crippen molar-refractivity contribution >= 4 is 5.78 Å². The van der Waals surface area contributed by atoms with Crippen molar-refractivity contribution in [3.8, 4) is 0 Å². The van der Waals surface area contributed by atoms with Gasteiger partial charge in [0.15, 0.2) is 18.4 Å². The fraction of sp³-hybridized carbons (Fsp3) is 0.848. The molecule has 3 saturated heterocycles. The first kappa shape index (κ1) is 29.5. The Morgan fingerprint density at radius 1 is 1.14 bits per heavy atom. The fourth-order valence-corrected chi connectivity index (χ4v) is 10.4. The molecule has 9 heteroatoms. The molecule has 42 heavy (non-hydrogen) atoms. The Morgan fingerprint density at radius 2 is 1.93 bits per heavy atom. The first-order valence-electron chi connectivity index (χ1n) is 16.3. The topological polar surface area (TPSA) is 138 Å². The summed E-state index contributed by atoms with van der Waals surface area (Å²) in [7, 11) is 0. The smallest absolute Gasteiger partial charge is 0.186 e. The van der Waals surface area contributed by atoms with Gasteiger partial charge in [-0.1, -0.05) is 32.4 Å². The largest absolute Gasteiger partial charge is 0.396 e. The monoisotopic (exact) mass is 587 g/mol. The van der Waals surface area contributed by atoms with Crippen LogP contribution in [0.25, 0.3) is 0 Å². The van der Waals surface area contributed by atoms with Crippen molar-refractivity contribution in [2.24, 2.45) is 40.9 Å². The minimum Gasteiger partial charge on any atom is -0.396 e. The average Bonchev–Trinajstić information content (AvgIpc) is 3.41.